The maximum absolute atomic E-state index is 13.8. The minimum Gasteiger partial charge on any atom is -0.391 e. The molecule has 1 aromatic heterocycles. The van der Waals surface area contributed by atoms with E-state index in [4.69, 9.17) is 0 Å². The Morgan fingerprint density at radius 1 is 1.50 bits per heavy atom. The zero-order valence-corrected chi connectivity index (χ0v) is 11.8. The summed E-state index contributed by atoms with van der Waals surface area (Å²) in [6, 6.07) is 3.93. The van der Waals surface area contributed by atoms with Gasteiger partial charge < -0.3 is 10.4 Å². The summed E-state index contributed by atoms with van der Waals surface area (Å²) < 4.78 is 14.9. The van der Waals surface area contributed by atoms with Crippen molar-refractivity contribution >= 4 is 16.7 Å². The number of fused-ring (bicyclic) bond motifs is 1. The van der Waals surface area contributed by atoms with Crippen LogP contribution in [0.3, 0.4) is 0 Å². The number of aromatic nitrogens is 2. The number of hydrogen-bond acceptors (Lipinski definition) is 5. The van der Waals surface area contributed by atoms with Crippen LogP contribution in [0.5, 0.6) is 0 Å². The van der Waals surface area contributed by atoms with E-state index >= 15 is 0 Å². The molecule has 1 aliphatic rings. The van der Waals surface area contributed by atoms with Gasteiger partial charge in [0.2, 0.25) is 0 Å². The number of Topliss-reactive ketones (excluding diaryl/α,β-unsaturated/α-hetero) is 1. The molecule has 0 aliphatic carbocycles. The van der Waals surface area contributed by atoms with Crippen molar-refractivity contribution in [1.29, 1.82) is 0 Å². The Kier molecular flexibility index (Phi) is 4.00. The van der Waals surface area contributed by atoms with E-state index in [0.717, 1.165) is 4.57 Å². The number of carbonyl (C=O) groups excluding carboxylic acids is 1. The number of nitrogens with zero attached hydrogens (tertiary/aromatic N) is 2. The molecule has 3 rings (SSSR count). The quantitative estimate of drug-likeness (QED) is 0.844. The maximum atomic E-state index is 13.8. The number of benzene rings is 1. The fourth-order valence-corrected chi connectivity index (χ4v) is 2.73. The van der Waals surface area contributed by atoms with Crippen molar-refractivity contribution < 1.29 is 14.3 Å². The predicted molar refractivity (Wildman–Crippen MR) is 78.0 cm³/mol. The van der Waals surface area contributed by atoms with Crippen LogP contribution in [0.15, 0.2) is 29.3 Å². The summed E-state index contributed by atoms with van der Waals surface area (Å²) in [5.74, 6) is -0.859. The predicted octanol–water partition coefficient (Wildman–Crippen LogP) is 0.218. The smallest absolute Gasteiger partial charge is 0.264 e. The van der Waals surface area contributed by atoms with Crippen LogP contribution < -0.4 is 10.9 Å². The Morgan fingerprint density at radius 2 is 2.32 bits per heavy atom. The van der Waals surface area contributed by atoms with Gasteiger partial charge in [-0.05, 0) is 25.1 Å². The molecule has 1 aromatic carbocycles. The van der Waals surface area contributed by atoms with E-state index in [1.807, 2.05) is 0 Å². The lowest BCUT2D eigenvalue weighted by molar-refractivity contribution is -0.120. The van der Waals surface area contributed by atoms with E-state index in [1.54, 1.807) is 6.07 Å². The van der Waals surface area contributed by atoms with Crippen molar-refractivity contribution in [2.45, 2.75) is 31.5 Å². The van der Waals surface area contributed by atoms with Gasteiger partial charge >= 0.3 is 0 Å². The second-order valence-corrected chi connectivity index (χ2v) is 5.47. The first-order valence-corrected chi connectivity index (χ1v) is 7.13. The molecule has 1 saturated heterocycles. The third-order valence-electron chi connectivity index (χ3n) is 3.91. The van der Waals surface area contributed by atoms with Gasteiger partial charge in [-0.2, -0.15) is 0 Å². The molecule has 1 unspecified atom stereocenters. The van der Waals surface area contributed by atoms with Gasteiger partial charge in [0.1, 0.15) is 11.2 Å². The van der Waals surface area contributed by atoms with Gasteiger partial charge in [0, 0.05) is 12.5 Å². The van der Waals surface area contributed by atoms with E-state index < -0.39 is 17.5 Å². The molecule has 1 aliphatic heterocycles. The Bertz CT molecular complexity index is 774. The summed E-state index contributed by atoms with van der Waals surface area (Å²) in [6.07, 6.45) is 1.44. The number of hydrogen-bond donors (Lipinski definition) is 2. The van der Waals surface area contributed by atoms with Crippen molar-refractivity contribution in [1.82, 2.24) is 14.9 Å². The average Bonchev–Trinajstić information content (AvgIpc) is 2.87. The number of ketones is 1. The number of rotatable bonds is 4. The fourth-order valence-electron chi connectivity index (χ4n) is 2.73. The first kappa shape index (κ1) is 14.8. The van der Waals surface area contributed by atoms with Gasteiger partial charge in [-0.1, -0.05) is 6.07 Å². The maximum Gasteiger partial charge on any atom is 0.264 e. The highest BCUT2D eigenvalue weighted by Crippen LogP contribution is 2.12. The van der Waals surface area contributed by atoms with Crippen LogP contribution >= 0.6 is 0 Å². The lowest BCUT2D eigenvalue weighted by Gasteiger charge is -2.14. The minimum atomic E-state index is -0.648. The number of aliphatic hydroxyl groups is 1. The van der Waals surface area contributed by atoms with Crippen LogP contribution in [0.2, 0.25) is 0 Å². The first-order chi connectivity index (χ1) is 10.6. The van der Waals surface area contributed by atoms with Crippen LogP contribution in [0.1, 0.15) is 12.8 Å². The van der Waals surface area contributed by atoms with Crippen molar-refractivity contribution in [2.75, 3.05) is 6.54 Å². The molecule has 2 aromatic rings. The van der Waals surface area contributed by atoms with Gasteiger partial charge in [-0.15, -0.1) is 0 Å². The summed E-state index contributed by atoms with van der Waals surface area (Å²) in [4.78, 5) is 28.3. The SMILES string of the molecule is O=C(C[C@H]1NCCC1O)Cn1cnc2cccc(F)c2c1=O. The molecule has 1 fully saturated rings. The lowest BCUT2D eigenvalue weighted by Crippen LogP contribution is -2.34. The summed E-state index contributed by atoms with van der Waals surface area (Å²) in [6.45, 7) is 0.489. The first-order valence-electron chi connectivity index (χ1n) is 7.13. The zero-order valence-electron chi connectivity index (χ0n) is 11.8. The largest absolute Gasteiger partial charge is 0.391 e. The molecule has 0 radical (unpaired) electrons. The Labute approximate surface area is 125 Å². The Hall–Kier alpha value is -2.12. The zero-order chi connectivity index (χ0) is 15.7. The fraction of sp³-hybridized carbons (Fsp3) is 0.400. The Morgan fingerprint density at radius 3 is 3.05 bits per heavy atom. The van der Waals surface area contributed by atoms with Crippen molar-refractivity contribution in [3.8, 4) is 0 Å². The van der Waals surface area contributed by atoms with Crippen molar-refractivity contribution in [2.24, 2.45) is 0 Å². The van der Waals surface area contributed by atoms with Crippen molar-refractivity contribution in [3.63, 3.8) is 0 Å². The van der Waals surface area contributed by atoms with Crippen LogP contribution in [-0.2, 0) is 11.3 Å². The van der Waals surface area contributed by atoms with E-state index in [-0.39, 0.29) is 35.7 Å². The van der Waals surface area contributed by atoms with Gasteiger partial charge in [0.15, 0.2) is 5.78 Å². The number of halogens is 1. The second-order valence-electron chi connectivity index (χ2n) is 5.47. The summed E-state index contributed by atoms with van der Waals surface area (Å²) in [5, 5.41) is 12.6. The van der Waals surface area contributed by atoms with E-state index in [1.165, 1.54) is 18.5 Å². The van der Waals surface area contributed by atoms with E-state index in [2.05, 4.69) is 10.3 Å². The van der Waals surface area contributed by atoms with E-state index in [0.29, 0.717) is 13.0 Å². The van der Waals surface area contributed by atoms with Gasteiger partial charge in [0.05, 0.1) is 24.5 Å². The standard InChI is InChI=1S/C15H16FN3O3/c16-10-2-1-3-11-14(10)15(22)19(8-18-11)7-9(20)6-12-13(21)4-5-17-12/h1-3,8,12-13,17,21H,4-7H2/t12-,13?/m1/s1. The van der Waals surface area contributed by atoms with Crippen LogP contribution in [0, 0.1) is 5.82 Å². The highest BCUT2D eigenvalue weighted by atomic mass is 19.1. The normalized spacial score (nSPS) is 21.4. The number of nitrogens with one attached hydrogen (secondary N) is 1. The Balaban J connectivity index is 1.82. The molecule has 0 saturated carbocycles. The molecule has 0 spiro atoms. The topological polar surface area (TPSA) is 84.2 Å². The molecular formula is C15H16FN3O3. The van der Waals surface area contributed by atoms with Crippen LogP contribution in [0.25, 0.3) is 10.9 Å². The van der Waals surface area contributed by atoms with Gasteiger partial charge in [0.25, 0.3) is 5.56 Å². The lowest BCUT2D eigenvalue weighted by atomic mass is 10.1. The van der Waals surface area contributed by atoms with Gasteiger partial charge in [-0.3, -0.25) is 14.2 Å². The van der Waals surface area contributed by atoms with E-state index in [9.17, 15) is 19.1 Å². The molecule has 22 heavy (non-hydrogen) atoms. The monoisotopic (exact) mass is 305 g/mol. The number of carbonyl (C=O) groups is 1. The molecule has 0 bridgehead atoms. The van der Waals surface area contributed by atoms with Crippen LogP contribution in [-0.4, -0.2) is 39.1 Å². The molecule has 0 amide bonds. The average molecular weight is 305 g/mol. The minimum absolute atomic E-state index is 0.114. The highest BCUT2D eigenvalue weighted by molar-refractivity contribution is 5.80. The molecule has 116 valence electrons. The third-order valence-corrected chi connectivity index (χ3v) is 3.91. The van der Waals surface area contributed by atoms with Crippen LogP contribution in [0.4, 0.5) is 4.39 Å². The molecular weight excluding hydrogens is 289 g/mol. The molecule has 7 heteroatoms. The molecule has 2 atom stereocenters. The third kappa shape index (κ3) is 2.77. The summed E-state index contributed by atoms with van der Waals surface area (Å²) in [5.41, 5.74) is -0.307. The highest BCUT2D eigenvalue weighted by Gasteiger charge is 2.26. The summed E-state index contributed by atoms with van der Waals surface area (Å²) >= 11 is 0. The number of aliphatic hydroxyl groups excluding tert-OH is 1. The second kappa shape index (κ2) is 5.94. The molecule has 2 N–H and O–H groups in total. The van der Waals surface area contributed by atoms with Crippen molar-refractivity contribution in [3.05, 3.63) is 40.7 Å². The van der Waals surface area contributed by atoms with Gasteiger partial charge in [-0.25, -0.2) is 9.37 Å². The molecule has 6 nitrogen and oxygen atoms in total. The summed E-state index contributed by atoms with van der Waals surface area (Å²) in [7, 11) is 0. The molecule has 2 heterocycles.